The molecule has 4 saturated carbocycles. The van der Waals surface area contributed by atoms with Crippen molar-refractivity contribution in [3.05, 3.63) is 0 Å². The van der Waals surface area contributed by atoms with Crippen molar-refractivity contribution in [3.63, 3.8) is 0 Å². The lowest BCUT2D eigenvalue weighted by Crippen LogP contribution is -2.54. The van der Waals surface area contributed by atoms with Crippen LogP contribution in [-0.4, -0.2) is 18.5 Å². The van der Waals surface area contributed by atoms with Crippen LogP contribution in [-0.2, 0) is 9.47 Å². The molecule has 6 fully saturated rings. The van der Waals surface area contributed by atoms with Crippen LogP contribution in [0.25, 0.3) is 0 Å². The zero-order valence-electron chi connectivity index (χ0n) is 20.8. The Bertz CT molecular complexity index is 680. The molecule has 0 aromatic carbocycles. The number of ether oxygens (including phenoxy) is 2. The van der Waals surface area contributed by atoms with Crippen LogP contribution in [0, 0.1) is 52.3 Å². The largest absolute Gasteiger partial charge is 0.349 e. The molecule has 0 radical (unpaired) electrons. The lowest BCUT2D eigenvalue weighted by Gasteiger charge is -2.61. The van der Waals surface area contributed by atoms with Gasteiger partial charge in [0.15, 0.2) is 5.79 Å². The highest BCUT2D eigenvalue weighted by Crippen LogP contribution is 2.71. The first-order chi connectivity index (χ1) is 14.9. The Morgan fingerprint density at radius 3 is 2.42 bits per heavy atom. The van der Waals surface area contributed by atoms with E-state index in [-0.39, 0.29) is 5.79 Å². The highest BCUT2D eigenvalue weighted by Gasteiger charge is 2.69. The van der Waals surface area contributed by atoms with Gasteiger partial charge in [-0.05, 0) is 104 Å². The lowest BCUT2D eigenvalue weighted by molar-refractivity contribution is -0.277. The molecule has 2 aliphatic heterocycles. The summed E-state index contributed by atoms with van der Waals surface area (Å²) in [7, 11) is 0. The fraction of sp³-hybridized carbons (Fsp3) is 1.00. The summed E-state index contributed by atoms with van der Waals surface area (Å²) in [5.41, 5.74) is 1.13. The van der Waals surface area contributed by atoms with Crippen LogP contribution in [0.1, 0.15) is 111 Å². The average Bonchev–Trinajstić information content (AvgIpc) is 3.23. The van der Waals surface area contributed by atoms with Crippen molar-refractivity contribution in [2.45, 2.75) is 123 Å². The topological polar surface area (TPSA) is 18.5 Å². The normalized spacial score (nSPS) is 58.5. The summed E-state index contributed by atoms with van der Waals surface area (Å²) in [5, 5.41) is 0. The molecule has 6 aliphatic rings. The summed E-state index contributed by atoms with van der Waals surface area (Å²) < 4.78 is 13.7. The average molecular weight is 429 g/mol. The zero-order chi connectivity index (χ0) is 21.4. The summed E-state index contributed by atoms with van der Waals surface area (Å²) in [4.78, 5) is 0. The van der Waals surface area contributed by atoms with Gasteiger partial charge in [0.25, 0.3) is 0 Å². The van der Waals surface area contributed by atoms with E-state index in [0.717, 1.165) is 48.5 Å². The van der Waals surface area contributed by atoms with Gasteiger partial charge in [0, 0.05) is 12.3 Å². The van der Waals surface area contributed by atoms with Crippen molar-refractivity contribution in [1.29, 1.82) is 0 Å². The number of hydrogen-bond acceptors (Lipinski definition) is 2. The van der Waals surface area contributed by atoms with Gasteiger partial charge < -0.3 is 9.47 Å². The SMILES string of the molecule is CC[C@H]1CC[C@@]2(OC1)OC1C[C@H]3[C@@H]4CC[C@@H]5CCCC[C@]5(C)[C@H]4CC[C@]3(C)[C@H]1[C@@H]2CC. The van der Waals surface area contributed by atoms with Crippen LogP contribution in [0.5, 0.6) is 0 Å². The summed E-state index contributed by atoms with van der Waals surface area (Å²) in [6.07, 6.45) is 18.7. The molecule has 0 amide bonds. The molecule has 2 nitrogen and oxygen atoms in total. The maximum atomic E-state index is 7.06. The summed E-state index contributed by atoms with van der Waals surface area (Å²) in [6.45, 7) is 11.1. The fourth-order valence-electron chi connectivity index (χ4n) is 10.9. The van der Waals surface area contributed by atoms with E-state index in [2.05, 4.69) is 27.7 Å². The van der Waals surface area contributed by atoms with E-state index in [0.29, 0.717) is 22.9 Å². The molecule has 0 aromatic heterocycles. The van der Waals surface area contributed by atoms with E-state index in [9.17, 15) is 0 Å². The van der Waals surface area contributed by atoms with Crippen LogP contribution in [0.15, 0.2) is 0 Å². The van der Waals surface area contributed by atoms with Gasteiger partial charge in [-0.25, -0.2) is 0 Å². The first-order valence-corrected chi connectivity index (χ1v) is 14.3. The zero-order valence-corrected chi connectivity index (χ0v) is 20.8. The molecule has 2 saturated heterocycles. The van der Waals surface area contributed by atoms with Crippen LogP contribution in [0.3, 0.4) is 0 Å². The number of fused-ring (bicyclic) bond motifs is 7. The Labute approximate surface area is 191 Å². The predicted molar refractivity (Wildman–Crippen MR) is 126 cm³/mol. The standard InChI is InChI=1S/C29H48O2/c1-5-19-12-16-29(30-18-19)22(6-2)26-25(31-29)17-24-21-11-10-20-9-7-8-14-27(20,3)23(21)13-15-28(24,26)4/h19-26H,5-18H2,1-4H3/t19-,20-,21+,22-,23-,24-,25?,26-,27-,28-,29+/m0/s1. The smallest absolute Gasteiger partial charge is 0.171 e. The van der Waals surface area contributed by atoms with Gasteiger partial charge in [-0.15, -0.1) is 0 Å². The quantitative estimate of drug-likeness (QED) is 0.451. The predicted octanol–water partition coefficient (Wildman–Crippen LogP) is 7.60. The molecule has 2 heterocycles. The van der Waals surface area contributed by atoms with Gasteiger partial charge in [0.1, 0.15) is 0 Å². The second-order valence-corrected chi connectivity index (χ2v) is 13.3. The first-order valence-electron chi connectivity index (χ1n) is 14.3. The summed E-state index contributed by atoms with van der Waals surface area (Å²) in [5.74, 6) is 5.75. The fourth-order valence-corrected chi connectivity index (χ4v) is 10.9. The molecule has 1 unspecified atom stereocenters. The maximum absolute atomic E-state index is 7.06. The lowest BCUT2D eigenvalue weighted by atomic mass is 9.44. The molecule has 31 heavy (non-hydrogen) atoms. The minimum absolute atomic E-state index is 0.242. The highest BCUT2D eigenvalue weighted by molar-refractivity contribution is 5.15. The monoisotopic (exact) mass is 428 g/mol. The van der Waals surface area contributed by atoms with Crippen molar-refractivity contribution in [3.8, 4) is 0 Å². The van der Waals surface area contributed by atoms with E-state index < -0.39 is 0 Å². The van der Waals surface area contributed by atoms with Gasteiger partial charge in [0.05, 0.1) is 12.7 Å². The molecular weight excluding hydrogens is 380 g/mol. The first kappa shape index (κ1) is 21.5. The van der Waals surface area contributed by atoms with Gasteiger partial charge in [-0.1, -0.05) is 47.0 Å². The van der Waals surface area contributed by atoms with Gasteiger partial charge in [-0.2, -0.15) is 0 Å². The third-order valence-corrected chi connectivity index (χ3v) is 12.5. The second-order valence-electron chi connectivity index (χ2n) is 13.3. The van der Waals surface area contributed by atoms with Crippen molar-refractivity contribution in [2.75, 3.05) is 6.61 Å². The van der Waals surface area contributed by atoms with Gasteiger partial charge >= 0.3 is 0 Å². The van der Waals surface area contributed by atoms with Crippen molar-refractivity contribution >= 4 is 0 Å². The number of hydrogen-bond donors (Lipinski definition) is 0. The van der Waals surface area contributed by atoms with Crippen LogP contribution in [0.4, 0.5) is 0 Å². The molecule has 0 bridgehead atoms. The van der Waals surface area contributed by atoms with E-state index >= 15 is 0 Å². The molecule has 11 atom stereocenters. The molecule has 176 valence electrons. The molecule has 4 aliphatic carbocycles. The van der Waals surface area contributed by atoms with Crippen molar-refractivity contribution < 1.29 is 9.47 Å². The number of rotatable bonds is 2. The molecule has 2 heteroatoms. The third kappa shape index (κ3) is 2.88. The van der Waals surface area contributed by atoms with Gasteiger partial charge in [0.2, 0.25) is 0 Å². The molecule has 6 rings (SSSR count). The van der Waals surface area contributed by atoms with Gasteiger partial charge in [-0.3, -0.25) is 0 Å². The van der Waals surface area contributed by atoms with E-state index in [1.165, 1.54) is 77.0 Å². The van der Waals surface area contributed by atoms with Crippen LogP contribution in [0.2, 0.25) is 0 Å². The van der Waals surface area contributed by atoms with E-state index in [1.54, 1.807) is 0 Å². The maximum Gasteiger partial charge on any atom is 0.171 e. The Hall–Kier alpha value is -0.0800. The molecule has 0 aromatic rings. The van der Waals surface area contributed by atoms with Crippen LogP contribution < -0.4 is 0 Å². The molecule has 1 spiro atoms. The van der Waals surface area contributed by atoms with E-state index in [1.807, 2.05) is 0 Å². The second kappa shape index (κ2) is 7.46. The summed E-state index contributed by atoms with van der Waals surface area (Å²) in [6, 6.07) is 0. The minimum Gasteiger partial charge on any atom is -0.349 e. The van der Waals surface area contributed by atoms with E-state index in [4.69, 9.17) is 9.47 Å². The van der Waals surface area contributed by atoms with Crippen molar-refractivity contribution in [1.82, 2.24) is 0 Å². The minimum atomic E-state index is -0.242. The Balaban J connectivity index is 1.27. The third-order valence-electron chi connectivity index (χ3n) is 12.5. The van der Waals surface area contributed by atoms with Crippen molar-refractivity contribution in [2.24, 2.45) is 52.3 Å². The molecular formula is C29H48O2. The molecule has 0 N–H and O–H groups in total. The van der Waals surface area contributed by atoms with Crippen LogP contribution >= 0.6 is 0 Å². The summed E-state index contributed by atoms with van der Waals surface area (Å²) >= 11 is 0. The highest BCUT2D eigenvalue weighted by atomic mass is 16.7. The Morgan fingerprint density at radius 1 is 0.806 bits per heavy atom. The Morgan fingerprint density at radius 2 is 1.68 bits per heavy atom. The Kier molecular flexibility index (Phi) is 5.16.